The Bertz CT molecular complexity index is 462. The van der Waals surface area contributed by atoms with E-state index in [1.807, 2.05) is 39.8 Å². The fourth-order valence-corrected chi connectivity index (χ4v) is 1.89. The Morgan fingerprint density at radius 1 is 1.35 bits per heavy atom. The number of rotatable bonds is 4. The lowest BCUT2D eigenvalue weighted by atomic mass is 9.95. The second kappa shape index (κ2) is 6.80. The Labute approximate surface area is 126 Å². The molecule has 1 amide bonds. The van der Waals surface area contributed by atoms with Gasteiger partial charge in [-0.15, -0.1) is 6.58 Å². The average molecular weight is 296 g/mol. The molecule has 0 saturated carbocycles. The van der Waals surface area contributed by atoms with E-state index in [-0.39, 0.29) is 12.0 Å². The van der Waals surface area contributed by atoms with Crippen molar-refractivity contribution in [1.82, 2.24) is 5.32 Å². The fraction of sp³-hybridized carbons (Fsp3) is 0.438. The van der Waals surface area contributed by atoms with E-state index < -0.39 is 11.7 Å². The summed E-state index contributed by atoms with van der Waals surface area (Å²) in [5.41, 5.74) is 0.444. The molecule has 0 radical (unpaired) electrons. The highest BCUT2D eigenvalue weighted by atomic mass is 35.5. The van der Waals surface area contributed by atoms with Crippen LogP contribution in [0.1, 0.15) is 39.3 Å². The number of ether oxygens (including phenoxy) is 1. The van der Waals surface area contributed by atoms with Gasteiger partial charge in [0.15, 0.2) is 0 Å². The molecule has 0 aliphatic carbocycles. The van der Waals surface area contributed by atoms with E-state index >= 15 is 0 Å². The normalized spacial score (nSPS) is 14.2. The molecule has 2 atom stereocenters. The molecule has 4 heteroatoms. The molecule has 1 N–H and O–H groups in total. The number of alkyl carbamates (subject to hydrolysis) is 1. The lowest BCUT2D eigenvalue weighted by Crippen LogP contribution is -2.37. The van der Waals surface area contributed by atoms with Gasteiger partial charge in [-0.25, -0.2) is 4.79 Å². The SMILES string of the molecule is C=C[C@@H](C)C(NC(=O)OC(C)(C)C)c1ccc(Cl)cc1. The molecule has 0 aliphatic rings. The number of benzene rings is 1. The molecular weight excluding hydrogens is 274 g/mol. The average Bonchev–Trinajstić information content (AvgIpc) is 2.34. The van der Waals surface area contributed by atoms with Gasteiger partial charge in [0.25, 0.3) is 0 Å². The monoisotopic (exact) mass is 295 g/mol. The van der Waals surface area contributed by atoms with Crippen molar-refractivity contribution in [3.05, 3.63) is 47.5 Å². The molecule has 1 unspecified atom stereocenters. The smallest absolute Gasteiger partial charge is 0.408 e. The van der Waals surface area contributed by atoms with Crippen LogP contribution in [0.2, 0.25) is 5.02 Å². The van der Waals surface area contributed by atoms with Crippen molar-refractivity contribution in [1.29, 1.82) is 0 Å². The molecule has 1 aromatic carbocycles. The molecule has 0 aromatic heterocycles. The molecule has 0 aliphatic heterocycles. The van der Waals surface area contributed by atoms with Crippen LogP contribution in [0.25, 0.3) is 0 Å². The summed E-state index contributed by atoms with van der Waals surface area (Å²) in [5, 5.41) is 3.55. The zero-order chi connectivity index (χ0) is 15.3. The second-order valence-corrected chi connectivity index (χ2v) is 6.21. The maximum atomic E-state index is 11.9. The summed E-state index contributed by atoms with van der Waals surface area (Å²) < 4.78 is 5.30. The summed E-state index contributed by atoms with van der Waals surface area (Å²) in [4.78, 5) is 11.9. The summed E-state index contributed by atoms with van der Waals surface area (Å²) >= 11 is 5.89. The van der Waals surface area contributed by atoms with E-state index in [1.165, 1.54) is 0 Å². The van der Waals surface area contributed by atoms with Crippen molar-refractivity contribution in [3.63, 3.8) is 0 Å². The number of amides is 1. The Morgan fingerprint density at radius 2 is 1.90 bits per heavy atom. The van der Waals surface area contributed by atoms with Crippen molar-refractivity contribution in [2.75, 3.05) is 0 Å². The first-order valence-electron chi connectivity index (χ1n) is 6.60. The maximum Gasteiger partial charge on any atom is 0.408 e. The van der Waals surface area contributed by atoms with Crippen LogP contribution in [0.5, 0.6) is 0 Å². The minimum Gasteiger partial charge on any atom is -0.444 e. The Kier molecular flexibility index (Phi) is 5.63. The molecule has 0 bridgehead atoms. The molecule has 3 nitrogen and oxygen atoms in total. The van der Waals surface area contributed by atoms with Crippen LogP contribution >= 0.6 is 11.6 Å². The third kappa shape index (κ3) is 5.25. The zero-order valence-corrected chi connectivity index (χ0v) is 13.2. The van der Waals surface area contributed by atoms with Gasteiger partial charge in [-0.2, -0.15) is 0 Å². The number of carbonyl (C=O) groups excluding carboxylic acids is 1. The zero-order valence-electron chi connectivity index (χ0n) is 12.4. The van der Waals surface area contributed by atoms with Gasteiger partial charge in [0.1, 0.15) is 5.60 Å². The summed E-state index contributed by atoms with van der Waals surface area (Å²) in [7, 11) is 0. The third-order valence-corrected chi connectivity index (χ3v) is 3.05. The van der Waals surface area contributed by atoms with Gasteiger partial charge >= 0.3 is 6.09 Å². The van der Waals surface area contributed by atoms with Gasteiger partial charge in [0, 0.05) is 5.02 Å². The minimum absolute atomic E-state index is 0.0729. The molecule has 20 heavy (non-hydrogen) atoms. The summed E-state index contributed by atoms with van der Waals surface area (Å²) in [6, 6.07) is 7.20. The summed E-state index contributed by atoms with van der Waals surface area (Å²) in [5.74, 6) is 0.0729. The molecular formula is C16H22ClNO2. The van der Waals surface area contributed by atoms with Crippen LogP contribution < -0.4 is 5.32 Å². The highest BCUT2D eigenvalue weighted by Gasteiger charge is 2.23. The van der Waals surface area contributed by atoms with Crippen LogP contribution in [0.3, 0.4) is 0 Å². The first-order valence-corrected chi connectivity index (χ1v) is 6.98. The lowest BCUT2D eigenvalue weighted by Gasteiger charge is -2.26. The van der Waals surface area contributed by atoms with E-state index in [9.17, 15) is 4.79 Å². The van der Waals surface area contributed by atoms with Gasteiger partial charge in [0.2, 0.25) is 0 Å². The Morgan fingerprint density at radius 3 is 2.35 bits per heavy atom. The molecule has 110 valence electrons. The van der Waals surface area contributed by atoms with Crippen LogP contribution in [0, 0.1) is 5.92 Å². The van der Waals surface area contributed by atoms with Crippen LogP contribution in [0.15, 0.2) is 36.9 Å². The first-order chi connectivity index (χ1) is 9.23. The first kappa shape index (κ1) is 16.6. The lowest BCUT2D eigenvalue weighted by molar-refractivity contribution is 0.0493. The van der Waals surface area contributed by atoms with Crippen molar-refractivity contribution in [2.45, 2.75) is 39.3 Å². The van der Waals surface area contributed by atoms with Crippen molar-refractivity contribution < 1.29 is 9.53 Å². The van der Waals surface area contributed by atoms with Gasteiger partial charge in [0.05, 0.1) is 6.04 Å². The number of halogens is 1. The number of hydrogen-bond donors (Lipinski definition) is 1. The summed E-state index contributed by atoms with van der Waals surface area (Å²) in [6.45, 7) is 11.3. The quantitative estimate of drug-likeness (QED) is 0.816. The standard InChI is InChI=1S/C16H22ClNO2/c1-6-11(2)14(12-7-9-13(17)10-8-12)18-15(19)20-16(3,4)5/h6-11,14H,1H2,2-5H3,(H,18,19)/t11-,14?/m1/s1. The second-order valence-electron chi connectivity index (χ2n) is 5.77. The third-order valence-electron chi connectivity index (χ3n) is 2.80. The van der Waals surface area contributed by atoms with Crippen molar-refractivity contribution in [3.8, 4) is 0 Å². The number of carbonyl (C=O) groups is 1. The minimum atomic E-state index is -0.522. The summed E-state index contributed by atoms with van der Waals surface area (Å²) in [6.07, 6.45) is 1.36. The predicted octanol–water partition coefficient (Wildman–Crippen LogP) is 4.73. The maximum absolute atomic E-state index is 11.9. The van der Waals surface area contributed by atoms with Gasteiger partial charge in [-0.1, -0.05) is 36.7 Å². The van der Waals surface area contributed by atoms with Crippen molar-refractivity contribution >= 4 is 17.7 Å². The molecule has 0 fully saturated rings. The van der Waals surface area contributed by atoms with Gasteiger partial charge in [-0.3, -0.25) is 0 Å². The molecule has 0 heterocycles. The van der Waals surface area contributed by atoms with Crippen LogP contribution in [0.4, 0.5) is 4.79 Å². The van der Waals surface area contributed by atoms with Crippen LogP contribution in [-0.4, -0.2) is 11.7 Å². The molecule has 0 saturated heterocycles. The van der Waals surface area contributed by atoms with Gasteiger partial charge < -0.3 is 10.1 Å². The highest BCUT2D eigenvalue weighted by Crippen LogP contribution is 2.24. The van der Waals surface area contributed by atoms with E-state index in [1.54, 1.807) is 18.2 Å². The van der Waals surface area contributed by atoms with Gasteiger partial charge in [-0.05, 0) is 44.4 Å². The van der Waals surface area contributed by atoms with E-state index in [2.05, 4.69) is 11.9 Å². The highest BCUT2D eigenvalue weighted by molar-refractivity contribution is 6.30. The fourth-order valence-electron chi connectivity index (χ4n) is 1.76. The number of hydrogen-bond acceptors (Lipinski definition) is 2. The molecule has 0 spiro atoms. The van der Waals surface area contributed by atoms with E-state index in [0.717, 1.165) is 5.56 Å². The predicted molar refractivity (Wildman–Crippen MR) is 82.9 cm³/mol. The van der Waals surface area contributed by atoms with E-state index in [0.29, 0.717) is 5.02 Å². The van der Waals surface area contributed by atoms with Crippen molar-refractivity contribution in [2.24, 2.45) is 5.92 Å². The largest absolute Gasteiger partial charge is 0.444 e. The number of nitrogens with one attached hydrogen (secondary N) is 1. The molecule has 1 aromatic rings. The van der Waals surface area contributed by atoms with E-state index in [4.69, 9.17) is 16.3 Å². The Hall–Kier alpha value is -1.48. The van der Waals surface area contributed by atoms with Crippen LogP contribution in [-0.2, 0) is 4.74 Å². The Balaban J connectivity index is 2.88. The molecule has 1 rings (SSSR count). The topological polar surface area (TPSA) is 38.3 Å².